The number of allylic oxidation sites excluding steroid dienone is 1. The molecule has 3 aliphatic rings. The van der Waals surface area contributed by atoms with Crippen LogP contribution in [0.5, 0.6) is 5.75 Å². The zero-order valence-electron chi connectivity index (χ0n) is 13.8. The van der Waals surface area contributed by atoms with Gasteiger partial charge in [0.15, 0.2) is 0 Å². The molecule has 0 saturated heterocycles. The molecule has 0 radical (unpaired) electrons. The summed E-state index contributed by atoms with van der Waals surface area (Å²) in [5.41, 5.74) is 4.34. The molecule has 0 spiro atoms. The van der Waals surface area contributed by atoms with Gasteiger partial charge in [0.1, 0.15) is 5.75 Å². The van der Waals surface area contributed by atoms with E-state index in [1.165, 1.54) is 29.5 Å². The molecule has 5 atom stereocenters. The summed E-state index contributed by atoms with van der Waals surface area (Å²) >= 11 is 0. The Hall–Kier alpha value is -1.28. The third-order valence-electron chi connectivity index (χ3n) is 6.78. The lowest BCUT2D eigenvalue weighted by molar-refractivity contribution is -0.00803. The van der Waals surface area contributed by atoms with Crippen LogP contribution in [0.15, 0.2) is 18.2 Å². The second-order valence-corrected chi connectivity index (χ2v) is 7.73. The minimum absolute atomic E-state index is 0.106. The highest BCUT2D eigenvalue weighted by Gasteiger charge is 2.53. The van der Waals surface area contributed by atoms with Gasteiger partial charge in [0, 0.05) is 0 Å². The fraction of sp³-hybridized carbons (Fsp3) is 0.600. The monoisotopic (exact) mass is 298 g/mol. The molecule has 0 amide bonds. The van der Waals surface area contributed by atoms with E-state index < -0.39 is 0 Å². The van der Waals surface area contributed by atoms with Crippen LogP contribution < -0.4 is 4.74 Å². The highest BCUT2D eigenvalue weighted by molar-refractivity contribution is 5.63. The molecular formula is C20H26O2. The molecule has 22 heavy (non-hydrogen) atoms. The lowest BCUT2D eigenvalue weighted by Gasteiger charge is -2.48. The summed E-state index contributed by atoms with van der Waals surface area (Å²) in [6.07, 6.45) is 9.11. The zero-order chi connectivity index (χ0) is 15.5. The summed E-state index contributed by atoms with van der Waals surface area (Å²) in [7, 11) is 1.74. The molecule has 2 heteroatoms. The maximum absolute atomic E-state index is 10.5. The van der Waals surface area contributed by atoms with Crippen LogP contribution in [0.4, 0.5) is 0 Å². The second-order valence-electron chi connectivity index (χ2n) is 7.73. The molecule has 118 valence electrons. The average Bonchev–Trinajstić information content (AvgIpc) is 2.82. The quantitative estimate of drug-likeness (QED) is 0.837. The first kappa shape index (κ1) is 14.3. The molecule has 1 aromatic carbocycles. The summed E-state index contributed by atoms with van der Waals surface area (Å²) in [4.78, 5) is 0. The number of methoxy groups -OCH3 is 1. The number of aliphatic hydroxyl groups excluding tert-OH is 1. The molecule has 2 saturated carbocycles. The topological polar surface area (TPSA) is 29.5 Å². The molecule has 0 heterocycles. The Morgan fingerprint density at radius 1 is 1.23 bits per heavy atom. The molecule has 0 aromatic heterocycles. The van der Waals surface area contributed by atoms with Gasteiger partial charge in [0.2, 0.25) is 0 Å². The Kier molecular flexibility index (Phi) is 3.16. The van der Waals surface area contributed by atoms with Gasteiger partial charge >= 0.3 is 0 Å². The van der Waals surface area contributed by atoms with Crippen molar-refractivity contribution in [2.24, 2.45) is 17.3 Å². The summed E-state index contributed by atoms with van der Waals surface area (Å²) in [6, 6.07) is 4.35. The van der Waals surface area contributed by atoms with Gasteiger partial charge in [0.05, 0.1) is 13.2 Å². The normalized spacial score (nSPS) is 39.1. The number of aliphatic hydroxyl groups is 1. The van der Waals surface area contributed by atoms with E-state index >= 15 is 0 Å². The van der Waals surface area contributed by atoms with Crippen LogP contribution in [0.2, 0.25) is 0 Å². The van der Waals surface area contributed by atoms with E-state index in [2.05, 4.69) is 38.1 Å². The number of hydrogen-bond donors (Lipinski definition) is 1. The minimum atomic E-state index is -0.106. The van der Waals surface area contributed by atoms with E-state index in [-0.39, 0.29) is 11.5 Å². The van der Waals surface area contributed by atoms with Crippen LogP contribution in [-0.2, 0) is 0 Å². The van der Waals surface area contributed by atoms with Gasteiger partial charge in [-0.15, -0.1) is 0 Å². The molecule has 1 aromatic rings. The SMILES string of the molecule is COc1cc(C)c2c(c1)C=CC1C2CCC2(C)C(O)CCC12. The predicted molar refractivity (Wildman–Crippen MR) is 89.1 cm³/mol. The van der Waals surface area contributed by atoms with Crippen LogP contribution >= 0.6 is 0 Å². The second kappa shape index (κ2) is 4.86. The molecule has 1 N–H and O–H groups in total. The van der Waals surface area contributed by atoms with Crippen LogP contribution in [0.1, 0.15) is 55.2 Å². The van der Waals surface area contributed by atoms with Gasteiger partial charge in [-0.3, -0.25) is 0 Å². The minimum Gasteiger partial charge on any atom is -0.497 e. The summed E-state index contributed by atoms with van der Waals surface area (Å²) in [5, 5.41) is 10.5. The van der Waals surface area contributed by atoms with Crippen LogP contribution in [0, 0.1) is 24.2 Å². The first-order valence-electron chi connectivity index (χ1n) is 8.59. The molecular weight excluding hydrogens is 272 g/mol. The van der Waals surface area contributed by atoms with E-state index in [0.29, 0.717) is 17.8 Å². The van der Waals surface area contributed by atoms with Crippen molar-refractivity contribution in [1.29, 1.82) is 0 Å². The van der Waals surface area contributed by atoms with Crippen LogP contribution in [-0.4, -0.2) is 18.3 Å². The van der Waals surface area contributed by atoms with Crippen molar-refractivity contribution < 1.29 is 9.84 Å². The molecule has 0 aliphatic heterocycles. The van der Waals surface area contributed by atoms with Gasteiger partial charge in [-0.1, -0.05) is 19.1 Å². The van der Waals surface area contributed by atoms with Gasteiger partial charge in [-0.2, -0.15) is 0 Å². The summed E-state index contributed by atoms with van der Waals surface area (Å²) < 4.78 is 5.43. The van der Waals surface area contributed by atoms with Gasteiger partial charge in [-0.05, 0) is 84.6 Å². The Bertz CT molecular complexity index is 633. The smallest absolute Gasteiger partial charge is 0.119 e. The summed E-state index contributed by atoms with van der Waals surface area (Å²) in [5.74, 6) is 2.80. The van der Waals surface area contributed by atoms with Crippen molar-refractivity contribution in [3.63, 3.8) is 0 Å². The Labute approximate surface area is 133 Å². The summed E-state index contributed by atoms with van der Waals surface area (Å²) in [6.45, 7) is 4.53. The van der Waals surface area contributed by atoms with Crippen molar-refractivity contribution in [3.05, 3.63) is 34.9 Å². The first-order valence-corrected chi connectivity index (χ1v) is 8.59. The standard InChI is InChI=1S/C20H26O2/c1-12-10-14(22-3)11-13-4-5-15-16(19(12)13)8-9-20(2)17(15)6-7-18(20)21/h4-5,10-11,15-18,21H,6-9H2,1-3H3. The van der Waals surface area contributed by atoms with Gasteiger partial charge in [0.25, 0.3) is 0 Å². The Morgan fingerprint density at radius 3 is 2.82 bits per heavy atom. The number of ether oxygens (including phenoxy) is 1. The van der Waals surface area contributed by atoms with Crippen molar-refractivity contribution in [3.8, 4) is 5.75 Å². The van der Waals surface area contributed by atoms with Crippen molar-refractivity contribution in [2.45, 2.75) is 51.6 Å². The van der Waals surface area contributed by atoms with E-state index in [4.69, 9.17) is 4.74 Å². The third-order valence-corrected chi connectivity index (χ3v) is 6.78. The van der Waals surface area contributed by atoms with E-state index in [9.17, 15) is 5.11 Å². The first-order chi connectivity index (χ1) is 10.5. The molecule has 2 fully saturated rings. The number of aryl methyl sites for hydroxylation is 1. The van der Waals surface area contributed by atoms with Crippen molar-refractivity contribution in [1.82, 2.24) is 0 Å². The van der Waals surface area contributed by atoms with Crippen LogP contribution in [0.25, 0.3) is 6.08 Å². The lowest BCUT2D eigenvalue weighted by Crippen LogP contribution is -2.42. The molecule has 5 unspecified atom stereocenters. The molecule has 2 nitrogen and oxygen atoms in total. The van der Waals surface area contributed by atoms with E-state index in [1.807, 2.05) is 0 Å². The van der Waals surface area contributed by atoms with Gasteiger partial charge < -0.3 is 9.84 Å². The predicted octanol–water partition coefficient (Wildman–Crippen LogP) is 4.30. The largest absolute Gasteiger partial charge is 0.497 e. The number of benzene rings is 1. The Morgan fingerprint density at radius 2 is 2.05 bits per heavy atom. The van der Waals surface area contributed by atoms with E-state index in [1.54, 1.807) is 7.11 Å². The highest BCUT2D eigenvalue weighted by atomic mass is 16.5. The van der Waals surface area contributed by atoms with Crippen molar-refractivity contribution in [2.75, 3.05) is 7.11 Å². The van der Waals surface area contributed by atoms with Crippen LogP contribution in [0.3, 0.4) is 0 Å². The maximum Gasteiger partial charge on any atom is 0.119 e. The number of rotatable bonds is 1. The zero-order valence-corrected chi connectivity index (χ0v) is 13.8. The average molecular weight is 298 g/mol. The fourth-order valence-electron chi connectivity index (χ4n) is 5.54. The molecule has 0 bridgehead atoms. The third kappa shape index (κ3) is 1.83. The number of fused-ring (bicyclic) bond motifs is 5. The maximum atomic E-state index is 10.5. The highest BCUT2D eigenvalue weighted by Crippen LogP contribution is 2.60. The van der Waals surface area contributed by atoms with Crippen molar-refractivity contribution >= 4 is 6.08 Å². The molecule has 4 rings (SSSR count). The van der Waals surface area contributed by atoms with E-state index in [0.717, 1.165) is 18.6 Å². The van der Waals surface area contributed by atoms with Gasteiger partial charge in [-0.25, -0.2) is 0 Å². The Balaban J connectivity index is 1.77. The molecule has 3 aliphatic carbocycles. The fourth-order valence-corrected chi connectivity index (χ4v) is 5.54. The lowest BCUT2D eigenvalue weighted by atomic mass is 9.56. The number of hydrogen-bond acceptors (Lipinski definition) is 2.